The van der Waals surface area contributed by atoms with Crippen LogP contribution in [0.2, 0.25) is 0 Å². The molecule has 0 fully saturated rings. The predicted molar refractivity (Wildman–Crippen MR) is 56.2 cm³/mol. The van der Waals surface area contributed by atoms with Gasteiger partial charge in [0.15, 0.2) is 0 Å². The molecule has 0 heterocycles. The van der Waals surface area contributed by atoms with Gasteiger partial charge in [0.25, 0.3) is 0 Å². The van der Waals surface area contributed by atoms with E-state index in [-0.39, 0.29) is 24.2 Å². The van der Waals surface area contributed by atoms with Crippen molar-refractivity contribution in [1.29, 1.82) is 0 Å². The number of hydrogen-bond acceptors (Lipinski definition) is 3. The van der Waals surface area contributed by atoms with Gasteiger partial charge in [-0.1, -0.05) is 0 Å². The molecule has 0 aliphatic carbocycles. The fourth-order valence-corrected chi connectivity index (χ4v) is 1.38. The van der Waals surface area contributed by atoms with Crippen molar-refractivity contribution in [2.75, 3.05) is 13.2 Å². The summed E-state index contributed by atoms with van der Waals surface area (Å²) in [5.41, 5.74) is 0.535. The Morgan fingerprint density at radius 1 is 1.47 bits per heavy atom. The van der Waals surface area contributed by atoms with Crippen LogP contribution in [0.5, 0.6) is 5.75 Å². The largest absolute Gasteiger partial charge is 0.508 e. The van der Waals surface area contributed by atoms with Crippen LogP contribution in [0.15, 0.2) is 18.2 Å². The van der Waals surface area contributed by atoms with Crippen LogP contribution < -0.4 is 5.32 Å². The van der Waals surface area contributed by atoms with E-state index in [1.54, 1.807) is 0 Å². The first-order chi connectivity index (χ1) is 7.15. The minimum atomic E-state index is -0.362. The quantitative estimate of drug-likeness (QED) is 0.651. The fraction of sp³-hybridized carbons (Fsp3) is 0.455. The summed E-state index contributed by atoms with van der Waals surface area (Å²) in [7, 11) is 0. The molecule has 0 bridgehead atoms. The van der Waals surface area contributed by atoms with Crippen LogP contribution in [-0.2, 0) is 0 Å². The Morgan fingerprint density at radius 2 is 2.20 bits per heavy atom. The van der Waals surface area contributed by atoms with Crippen LogP contribution in [0, 0.1) is 5.82 Å². The van der Waals surface area contributed by atoms with Gasteiger partial charge < -0.3 is 15.5 Å². The highest BCUT2D eigenvalue weighted by Gasteiger charge is 2.10. The Hall–Kier alpha value is -1.13. The maximum Gasteiger partial charge on any atom is 0.123 e. The van der Waals surface area contributed by atoms with Crippen molar-refractivity contribution in [1.82, 2.24) is 5.32 Å². The van der Waals surface area contributed by atoms with Gasteiger partial charge in [-0.05, 0) is 38.1 Å². The zero-order valence-corrected chi connectivity index (χ0v) is 8.70. The summed E-state index contributed by atoms with van der Waals surface area (Å²) in [6.07, 6.45) is 0.639. The van der Waals surface area contributed by atoms with E-state index in [1.165, 1.54) is 18.2 Å². The second kappa shape index (κ2) is 5.68. The lowest BCUT2D eigenvalue weighted by Crippen LogP contribution is -2.20. The van der Waals surface area contributed by atoms with E-state index >= 15 is 0 Å². The smallest absolute Gasteiger partial charge is 0.123 e. The number of nitrogens with one attached hydrogen (secondary N) is 1. The molecule has 0 saturated heterocycles. The molecule has 4 heteroatoms. The van der Waals surface area contributed by atoms with E-state index < -0.39 is 0 Å². The molecule has 1 aromatic carbocycles. The molecule has 3 N–H and O–H groups in total. The third-order valence-electron chi connectivity index (χ3n) is 2.24. The molecule has 1 atom stereocenters. The van der Waals surface area contributed by atoms with Gasteiger partial charge in [-0.25, -0.2) is 4.39 Å². The van der Waals surface area contributed by atoms with Gasteiger partial charge in [0, 0.05) is 18.2 Å². The van der Waals surface area contributed by atoms with Crippen LogP contribution in [0.4, 0.5) is 4.39 Å². The van der Waals surface area contributed by atoms with E-state index in [0.29, 0.717) is 18.5 Å². The minimum absolute atomic E-state index is 0.0837. The molecule has 0 aliphatic rings. The Labute approximate surface area is 88.6 Å². The highest BCUT2D eigenvalue weighted by Crippen LogP contribution is 2.24. The summed E-state index contributed by atoms with van der Waals surface area (Å²) in [6, 6.07) is 3.74. The Kier molecular flexibility index (Phi) is 4.52. The third kappa shape index (κ3) is 3.49. The predicted octanol–water partition coefficient (Wildman–Crippen LogP) is 1.56. The van der Waals surface area contributed by atoms with Crippen LogP contribution >= 0.6 is 0 Å². The van der Waals surface area contributed by atoms with Crippen molar-refractivity contribution in [3.8, 4) is 5.75 Å². The zero-order valence-electron chi connectivity index (χ0n) is 8.70. The summed E-state index contributed by atoms with van der Waals surface area (Å²) in [4.78, 5) is 0. The van der Waals surface area contributed by atoms with Gasteiger partial charge in [-0.15, -0.1) is 0 Å². The number of phenols is 1. The Balaban J connectivity index is 2.64. The molecule has 0 spiro atoms. The van der Waals surface area contributed by atoms with Crippen molar-refractivity contribution < 1.29 is 14.6 Å². The SMILES string of the molecule is C[C@H](NCCCO)c1cc(F)ccc1O. The van der Waals surface area contributed by atoms with Crippen LogP contribution in [0.3, 0.4) is 0 Å². The Morgan fingerprint density at radius 3 is 2.87 bits per heavy atom. The van der Waals surface area contributed by atoms with Gasteiger partial charge in [-0.3, -0.25) is 0 Å². The van der Waals surface area contributed by atoms with Gasteiger partial charge in [0.05, 0.1) is 0 Å². The standard InChI is InChI=1S/C11H16FNO2/c1-8(13-5-2-6-14)10-7-9(12)3-4-11(10)15/h3-4,7-8,13-15H,2,5-6H2,1H3/t8-/m0/s1. The topological polar surface area (TPSA) is 52.5 Å². The maximum atomic E-state index is 12.9. The van der Waals surface area contributed by atoms with Crippen LogP contribution in [0.25, 0.3) is 0 Å². The number of hydrogen-bond donors (Lipinski definition) is 3. The van der Waals surface area contributed by atoms with Crippen molar-refractivity contribution in [3.63, 3.8) is 0 Å². The first kappa shape index (κ1) is 11.9. The Bertz CT molecular complexity index is 317. The van der Waals surface area contributed by atoms with Gasteiger partial charge >= 0.3 is 0 Å². The number of benzene rings is 1. The number of aliphatic hydroxyl groups is 1. The normalized spacial score (nSPS) is 12.7. The lowest BCUT2D eigenvalue weighted by Gasteiger charge is -2.15. The number of aromatic hydroxyl groups is 1. The molecular weight excluding hydrogens is 197 g/mol. The van der Waals surface area contributed by atoms with Crippen LogP contribution in [0.1, 0.15) is 24.9 Å². The molecule has 0 amide bonds. The lowest BCUT2D eigenvalue weighted by molar-refractivity contribution is 0.283. The molecule has 0 unspecified atom stereocenters. The maximum absolute atomic E-state index is 12.9. The van der Waals surface area contributed by atoms with E-state index in [2.05, 4.69) is 5.32 Å². The van der Waals surface area contributed by atoms with Crippen molar-refractivity contribution >= 4 is 0 Å². The monoisotopic (exact) mass is 213 g/mol. The summed E-state index contributed by atoms with van der Waals surface area (Å²) < 4.78 is 12.9. The second-order valence-electron chi connectivity index (χ2n) is 3.46. The minimum Gasteiger partial charge on any atom is -0.508 e. The number of aliphatic hydroxyl groups excluding tert-OH is 1. The van der Waals surface area contributed by atoms with E-state index in [1.807, 2.05) is 6.92 Å². The van der Waals surface area contributed by atoms with Gasteiger partial charge in [-0.2, -0.15) is 0 Å². The first-order valence-electron chi connectivity index (χ1n) is 4.98. The van der Waals surface area contributed by atoms with Gasteiger partial charge in [0.2, 0.25) is 0 Å². The summed E-state index contributed by atoms with van der Waals surface area (Å²) in [6.45, 7) is 2.59. The highest BCUT2D eigenvalue weighted by molar-refractivity contribution is 5.34. The number of rotatable bonds is 5. The average molecular weight is 213 g/mol. The van der Waals surface area contributed by atoms with Crippen molar-refractivity contribution in [2.24, 2.45) is 0 Å². The molecule has 15 heavy (non-hydrogen) atoms. The van der Waals surface area contributed by atoms with Crippen molar-refractivity contribution in [2.45, 2.75) is 19.4 Å². The summed E-state index contributed by atoms with van der Waals surface area (Å²) in [5, 5.41) is 21.2. The zero-order chi connectivity index (χ0) is 11.3. The molecular formula is C11H16FNO2. The van der Waals surface area contributed by atoms with Crippen LogP contribution in [-0.4, -0.2) is 23.4 Å². The highest BCUT2D eigenvalue weighted by atomic mass is 19.1. The van der Waals surface area contributed by atoms with E-state index in [4.69, 9.17) is 5.11 Å². The third-order valence-corrected chi connectivity index (χ3v) is 2.24. The molecule has 1 aromatic rings. The fourth-order valence-electron chi connectivity index (χ4n) is 1.38. The molecule has 84 valence electrons. The van der Waals surface area contributed by atoms with E-state index in [0.717, 1.165) is 0 Å². The second-order valence-corrected chi connectivity index (χ2v) is 3.46. The summed E-state index contributed by atoms with van der Waals surface area (Å²) >= 11 is 0. The molecule has 3 nitrogen and oxygen atoms in total. The van der Waals surface area contributed by atoms with Crippen molar-refractivity contribution in [3.05, 3.63) is 29.6 Å². The molecule has 0 radical (unpaired) electrons. The average Bonchev–Trinajstić information content (AvgIpc) is 2.22. The molecule has 0 aliphatic heterocycles. The van der Waals surface area contributed by atoms with Gasteiger partial charge in [0.1, 0.15) is 11.6 Å². The van der Waals surface area contributed by atoms with E-state index in [9.17, 15) is 9.50 Å². The molecule has 0 saturated carbocycles. The molecule has 0 aromatic heterocycles. The summed E-state index contributed by atoms with van der Waals surface area (Å²) in [5.74, 6) is -0.279. The lowest BCUT2D eigenvalue weighted by atomic mass is 10.1. The number of halogens is 1. The number of phenolic OH excluding ortho intramolecular Hbond substituents is 1. The molecule has 1 rings (SSSR count). The first-order valence-corrected chi connectivity index (χ1v) is 4.98.